The fourth-order valence-corrected chi connectivity index (χ4v) is 1.72. The quantitative estimate of drug-likeness (QED) is 0.846. The predicted molar refractivity (Wildman–Crippen MR) is 73.4 cm³/mol. The highest BCUT2D eigenvalue weighted by Crippen LogP contribution is 2.13. The van der Waals surface area contributed by atoms with Crippen molar-refractivity contribution in [2.75, 3.05) is 7.11 Å². The lowest BCUT2D eigenvalue weighted by Crippen LogP contribution is -1.96. The molecule has 1 heterocycles. The molecule has 94 valence electrons. The second-order valence-electron chi connectivity index (χ2n) is 3.81. The van der Waals surface area contributed by atoms with E-state index in [2.05, 4.69) is 20.9 Å². The Kier molecular flexibility index (Phi) is 4.73. The molecular weight excluding hydrogens is 294 g/mol. The van der Waals surface area contributed by atoms with Crippen LogP contribution in [0.2, 0.25) is 0 Å². The van der Waals surface area contributed by atoms with Gasteiger partial charge in [-0.2, -0.15) is 0 Å². The fraction of sp³-hybridized carbons (Fsp3) is 0.214. The van der Waals surface area contributed by atoms with Crippen molar-refractivity contribution in [1.82, 2.24) is 4.98 Å². The van der Waals surface area contributed by atoms with Crippen LogP contribution in [-0.4, -0.2) is 12.1 Å². The maximum Gasteiger partial charge on any atom is 0.118 e. The van der Waals surface area contributed by atoms with Gasteiger partial charge in [0.2, 0.25) is 0 Å². The molecule has 0 aliphatic rings. The maximum absolute atomic E-state index is 5.60. The van der Waals surface area contributed by atoms with Crippen LogP contribution in [0.5, 0.6) is 5.75 Å². The van der Waals surface area contributed by atoms with Crippen molar-refractivity contribution < 1.29 is 9.47 Å². The molecule has 4 heteroatoms. The van der Waals surface area contributed by atoms with E-state index in [4.69, 9.17) is 9.47 Å². The summed E-state index contributed by atoms with van der Waals surface area (Å²) in [7, 11) is 1.66. The molecule has 0 fully saturated rings. The first-order valence-corrected chi connectivity index (χ1v) is 6.38. The zero-order valence-electron chi connectivity index (χ0n) is 10.1. The summed E-state index contributed by atoms with van der Waals surface area (Å²) in [5.74, 6) is 0.855. The highest BCUT2D eigenvalue weighted by Gasteiger charge is 1.97. The van der Waals surface area contributed by atoms with E-state index in [1.54, 1.807) is 13.3 Å². The van der Waals surface area contributed by atoms with Crippen molar-refractivity contribution in [3.05, 3.63) is 58.3 Å². The van der Waals surface area contributed by atoms with Gasteiger partial charge >= 0.3 is 0 Å². The first kappa shape index (κ1) is 13.1. The molecule has 18 heavy (non-hydrogen) atoms. The Morgan fingerprint density at radius 1 is 1.06 bits per heavy atom. The lowest BCUT2D eigenvalue weighted by atomic mass is 10.2. The lowest BCUT2D eigenvalue weighted by molar-refractivity contribution is 0.104. The molecule has 1 aromatic carbocycles. The third kappa shape index (κ3) is 3.82. The molecule has 0 radical (unpaired) electrons. The topological polar surface area (TPSA) is 31.4 Å². The first-order valence-electron chi connectivity index (χ1n) is 5.59. The molecule has 2 aromatic rings. The van der Waals surface area contributed by atoms with Crippen molar-refractivity contribution in [1.29, 1.82) is 0 Å². The number of hydrogen-bond donors (Lipinski definition) is 0. The zero-order valence-corrected chi connectivity index (χ0v) is 11.7. The summed E-state index contributed by atoms with van der Waals surface area (Å²) >= 11 is 3.35. The molecular formula is C14H14BrNO2. The van der Waals surface area contributed by atoms with Crippen LogP contribution in [0.4, 0.5) is 0 Å². The molecule has 0 aliphatic carbocycles. The van der Waals surface area contributed by atoms with Gasteiger partial charge < -0.3 is 9.47 Å². The van der Waals surface area contributed by atoms with Gasteiger partial charge in [-0.1, -0.05) is 12.1 Å². The Labute approximate surface area is 115 Å². The third-order valence-corrected chi connectivity index (χ3v) is 2.94. The number of pyridine rings is 1. The monoisotopic (exact) mass is 307 g/mol. The van der Waals surface area contributed by atoms with Crippen LogP contribution in [0.3, 0.4) is 0 Å². The van der Waals surface area contributed by atoms with Crippen LogP contribution in [0, 0.1) is 0 Å². The number of ether oxygens (including phenoxy) is 2. The lowest BCUT2D eigenvalue weighted by Gasteiger charge is -2.05. The van der Waals surface area contributed by atoms with Crippen LogP contribution in [0.1, 0.15) is 11.3 Å². The second kappa shape index (κ2) is 6.52. The van der Waals surface area contributed by atoms with Gasteiger partial charge in [0, 0.05) is 10.7 Å². The zero-order chi connectivity index (χ0) is 12.8. The van der Waals surface area contributed by atoms with Gasteiger partial charge in [0.15, 0.2) is 0 Å². The third-order valence-electron chi connectivity index (χ3n) is 2.47. The van der Waals surface area contributed by atoms with Crippen molar-refractivity contribution >= 4 is 15.9 Å². The fourth-order valence-electron chi connectivity index (χ4n) is 1.49. The Hall–Kier alpha value is -1.39. The average molecular weight is 308 g/mol. The average Bonchev–Trinajstić information content (AvgIpc) is 2.42. The number of aromatic nitrogens is 1. The van der Waals surface area contributed by atoms with Crippen LogP contribution >= 0.6 is 15.9 Å². The molecule has 0 N–H and O–H groups in total. The Morgan fingerprint density at radius 2 is 1.83 bits per heavy atom. The summed E-state index contributed by atoms with van der Waals surface area (Å²) in [5, 5.41) is 0. The van der Waals surface area contributed by atoms with E-state index in [9.17, 15) is 0 Å². The van der Waals surface area contributed by atoms with E-state index < -0.39 is 0 Å². The first-order chi connectivity index (χ1) is 8.78. The molecule has 0 amide bonds. The summed E-state index contributed by atoms with van der Waals surface area (Å²) < 4.78 is 11.7. The number of nitrogens with zero attached hydrogens (tertiary/aromatic N) is 1. The van der Waals surface area contributed by atoms with Gasteiger partial charge in [0.25, 0.3) is 0 Å². The molecule has 0 saturated heterocycles. The summed E-state index contributed by atoms with van der Waals surface area (Å²) in [4.78, 5) is 4.24. The minimum atomic E-state index is 0.513. The number of halogens is 1. The van der Waals surface area contributed by atoms with Crippen LogP contribution < -0.4 is 4.74 Å². The van der Waals surface area contributed by atoms with Crippen LogP contribution in [0.15, 0.2) is 47.1 Å². The number of rotatable bonds is 5. The van der Waals surface area contributed by atoms with Gasteiger partial charge in [0.05, 0.1) is 26.0 Å². The highest BCUT2D eigenvalue weighted by atomic mass is 79.9. The van der Waals surface area contributed by atoms with E-state index in [1.807, 2.05) is 36.4 Å². The van der Waals surface area contributed by atoms with Crippen LogP contribution in [-0.2, 0) is 18.0 Å². The molecule has 0 atom stereocenters. The minimum Gasteiger partial charge on any atom is -0.497 e. The molecule has 0 saturated carbocycles. The number of methoxy groups -OCH3 is 1. The van der Waals surface area contributed by atoms with Crippen LogP contribution in [0.25, 0.3) is 0 Å². The van der Waals surface area contributed by atoms with E-state index >= 15 is 0 Å². The molecule has 2 rings (SSSR count). The Balaban J connectivity index is 1.82. The Bertz CT molecular complexity index is 482. The van der Waals surface area contributed by atoms with Crippen molar-refractivity contribution in [3.63, 3.8) is 0 Å². The van der Waals surface area contributed by atoms with Crippen molar-refractivity contribution in [3.8, 4) is 5.75 Å². The van der Waals surface area contributed by atoms with Gasteiger partial charge in [-0.15, -0.1) is 0 Å². The molecule has 0 aliphatic heterocycles. The van der Waals surface area contributed by atoms with Gasteiger partial charge in [-0.3, -0.25) is 4.98 Å². The van der Waals surface area contributed by atoms with Crippen molar-refractivity contribution in [2.45, 2.75) is 13.2 Å². The summed E-state index contributed by atoms with van der Waals surface area (Å²) in [6, 6.07) is 11.7. The second-order valence-corrected chi connectivity index (χ2v) is 4.72. The summed E-state index contributed by atoms with van der Waals surface area (Å²) in [5.41, 5.74) is 2.04. The molecule has 0 spiro atoms. The van der Waals surface area contributed by atoms with E-state index in [-0.39, 0.29) is 0 Å². The largest absolute Gasteiger partial charge is 0.497 e. The molecule has 0 unspecified atom stereocenters. The molecule has 1 aromatic heterocycles. The van der Waals surface area contributed by atoms with Gasteiger partial charge in [-0.25, -0.2) is 0 Å². The number of benzene rings is 1. The standard InChI is InChI=1S/C14H14BrNO2/c1-17-14-6-2-11(3-7-14)9-18-10-13-5-4-12(15)8-16-13/h2-8H,9-10H2,1H3. The van der Waals surface area contributed by atoms with Gasteiger partial charge in [-0.05, 0) is 45.8 Å². The SMILES string of the molecule is COc1ccc(COCc2ccc(Br)cn2)cc1. The predicted octanol–water partition coefficient (Wildman–Crippen LogP) is 3.57. The van der Waals surface area contributed by atoms with E-state index in [0.29, 0.717) is 13.2 Å². The molecule has 3 nitrogen and oxygen atoms in total. The number of hydrogen-bond acceptors (Lipinski definition) is 3. The summed E-state index contributed by atoms with van der Waals surface area (Å²) in [6.45, 7) is 1.08. The molecule has 0 bridgehead atoms. The smallest absolute Gasteiger partial charge is 0.118 e. The van der Waals surface area contributed by atoms with E-state index in [1.165, 1.54) is 0 Å². The van der Waals surface area contributed by atoms with E-state index in [0.717, 1.165) is 21.5 Å². The highest BCUT2D eigenvalue weighted by molar-refractivity contribution is 9.10. The normalized spacial score (nSPS) is 10.3. The van der Waals surface area contributed by atoms with Gasteiger partial charge in [0.1, 0.15) is 5.75 Å². The van der Waals surface area contributed by atoms with Crippen molar-refractivity contribution in [2.24, 2.45) is 0 Å². The minimum absolute atomic E-state index is 0.513. The maximum atomic E-state index is 5.60. The summed E-state index contributed by atoms with van der Waals surface area (Å²) in [6.07, 6.45) is 1.77. The Morgan fingerprint density at radius 3 is 2.44 bits per heavy atom.